The lowest BCUT2D eigenvalue weighted by Crippen LogP contribution is -2.59. The molecule has 6 nitrogen and oxygen atoms in total. The van der Waals surface area contributed by atoms with Gasteiger partial charge in [0.1, 0.15) is 6.04 Å². The van der Waals surface area contributed by atoms with E-state index in [2.05, 4.69) is 5.32 Å². The minimum absolute atomic E-state index is 0.00941. The number of halogens is 1. The molecule has 3 amide bonds. The third-order valence-corrected chi connectivity index (χ3v) is 6.00. The van der Waals surface area contributed by atoms with Gasteiger partial charge in [-0.25, -0.2) is 0 Å². The van der Waals surface area contributed by atoms with E-state index in [0.29, 0.717) is 35.8 Å². The lowest BCUT2D eigenvalue weighted by atomic mass is 9.91. The Labute approximate surface area is 187 Å². The number of carbonyl (C=O) groups is 3. The first-order chi connectivity index (χ1) is 14.6. The molecule has 0 aliphatic carbocycles. The van der Waals surface area contributed by atoms with E-state index < -0.39 is 6.04 Å². The van der Waals surface area contributed by atoms with Gasteiger partial charge in [-0.15, -0.1) is 0 Å². The Morgan fingerprint density at radius 2 is 1.84 bits per heavy atom. The minimum Gasteiger partial charge on any atom is -0.338 e. The second kappa shape index (κ2) is 8.00. The van der Waals surface area contributed by atoms with E-state index in [9.17, 15) is 14.4 Å². The number of fused-ring (bicyclic) bond motifs is 2. The van der Waals surface area contributed by atoms with Gasteiger partial charge in [-0.1, -0.05) is 56.6 Å². The Hall–Kier alpha value is -2.86. The molecule has 2 aromatic rings. The second-order valence-corrected chi connectivity index (χ2v) is 9.73. The maximum atomic E-state index is 13.4. The fourth-order valence-electron chi connectivity index (χ4n) is 4.11. The molecule has 4 rings (SSSR count). The van der Waals surface area contributed by atoms with Gasteiger partial charge in [0.05, 0.1) is 17.8 Å². The summed E-state index contributed by atoms with van der Waals surface area (Å²) < 4.78 is 0. The highest BCUT2D eigenvalue weighted by Gasteiger charge is 2.40. The number of anilines is 1. The van der Waals surface area contributed by atoms with E-state index in [1.54, 1.807) is 28.0 Å². The second-order valence-electron chi connectivity index (χ2n) is 9.32. The number of piperazine rings is 1. The standard InChI is InChI=1S/C24H26ClN3O3/c1-24(2,3)13-21(29)27-10-11-28-20(14-27)22(30)26-19-9-8-15(12-17(19)23(28)31)16-6-4-5-7-18(16)25/h4-9,12,20H,10-11,13-14H2,1-3H3,(H,26,30). The Morgan fingerprint density at radius 3 is 2.55 bits per heavy atom. The predicted octanol–water partition coefficient (Wildman–Crippen LogP) is 4.05. The highest BCUT2D eigenvalue weighted by molar-refractivity contribution is 6.33. The third-order valence-electron chi connectivity index (χ3n) is 5.67. The lowest BCUT2D eigenvalue weighted by molar-refractivity contribution is -0.137. The van der Waals surface area contributed by atoms with Crippen molar-refractivity contribution < 1.29 is 14.4 Å². The van der Waals surface area contributed by atoms with E-state index in [0.717, 1.165) is 11.1 Å². The Morgan fingerprint density at radius 1 is 1.10 bits per heavy atom. The van der Waals surface area contributed by atoms with Crippen molar-refractivity contribution in [2.24, 2.45) is 5.41 Å². The molecule has 0 aromatic heterocycles. The van der Waals surface area contributed by atoms with Crippen molar-refractivity contribution in [1.29, 1.82) is 0 Å². The van der Waals surface area contributed by atoms with Crippen molar-refractivity contribution >= 4 is 35.0 Å². The van der Waals surface area contributed by atoms with Gasteiger partial charge in [0.25, 0.3) is 5.91 Å². The highest BCUT2D eigenvalue weighted by atomic mass is 35.5. The molecule has 0 saturated carbocycles. The number of carbonyl (C=O) groups excluding carboxylic acids is 3. The van der Waals surface area contributed by atoms with Crippen LogP contribution in [-0.2, 0) is 9.59 Å². The summed E-state index contributed by atoms with van der Waals surface area (Å²) in [6.45, 7) is 6.98. The van der Waals surface area contributed by atoms with Crippen LogP contribution in [0, 0.1) is 5.41 Å². The van der Waals surface area contributed by atoms with Crippen LogP contribution in [0.5, 0.6) is 0 Å². The average molecular weight is 440 g/mol. The van der Waals surface area contributed by atoms with Crippen LogP contribution in [0.2, 0.25) is 5.02 Å². The summed E-state index contributed by atoms with van der Waals surface area (Å²) in [5.41, 5.74) is 2.41. The number of hydrogen-bond donors (Lipinski definition) is 1. The molecule has 7 heteroatoms. The first-order valence-corrected chi connectivity index (χ1v) is 10.8. The fourth-order valence-corrected chi connectivity index (χ4v) is 4.35. The first-order valence-electron chi connectivity index (χ1n) is 10.4. The van der Waals surface area contributed by atoms with Crippen molar-refractivity contribution in [1.82, 2.24) is 9.80 Å². The Kier molecular flexibility index (Phi) is 5.52. The molecule has 162 valence electrons. The summed E-state index contributed by atoms with van der Waals surface area (Å²) in [5.74, 6) is -0.476. The molecule has 1 fully saturated rings. The van der Waals surface area contributed by atoms with Crippen molar-refractivity contribution in [2.45, 2.75) is 33.2 Å². The van der Waals surface area contributed by atoms with Gasteiger partial charge in [-0.05, 0) is 29.2 Å². The summed E-state index contributed by atoms with van der Waals surface area (Å²) in [6.07, 6.45) is 0.400. The Bertz CT molecular complexity index is 1060. The zero-order valence-electron chi connectivity index (χ0n) is 17.9. The summed E-state index contributed by atoms with van der Waals surface area (Å²) in [4.78, 5) is 42.3. The maximum absolute atomic E-state index is 13.4. The van der Waals surface area contributed by atoms with E-state index >= 15 is 0 Å². The number of amides is 3. The van der Waals surface area contributed by atoms with Crippen LogP contribution in [0.4, 0.5) is 5.69 Å². The monoisotopic (exact) mass is 439 g/mol. The molecule has 1 atom stereocenters. The summed E-state index contributed by atoms with van der Waals surface area (Å²) in [7, 11) is 0. The van der Waals surface area contributed by atoms with Gasteiger partial charge in [0.2, 0.25) is 11.8 Å². The number of benzene rings is 2. The number of nitrogens with zero attached hydrogens (tertiary/aromatic N) is 2. The summed E-state index contributed by atoms with van der Waals surface area (Å²) in [5, 5.41) is 3.47. The average Bonchev–Trinajstić information content (AvgIpc) is 2.81. The zero-order chi connectivity index (χ0) is 22.3. The molecule has 1 N–H and O–H groups in total. The van der Waals surface area contributed by atoms with Crippen LogP contribution in [0.15, 0.2) is 42.5 Å². The van der Waals surface area contributed by atoms with E-state index in [4.69, 9.17) is 11.6 Å². The first kappa shape index (κ1) is 21.4. The highest BCUT2D eigenvalue weighted by Crippen LogP contribution is 2.33. The van der Waals surface area contributed by atoms with Gasteiger partial charge in [0.15, 0.2) is 0 Å². The molecule has 2 aromatic carbocycles. The van der Waals surface area contributed by atoms with Gasteiger partial charge in [-0.3, -0.25) is 14.4 Å². The van der Waals surface area contributed by atoms with Gasteiger partial charge in [0, 0.05) is 30.1 Å². The van der Waals surface area contributed by atoms with Crippen LogP contribution >= 0.6 is 11.6 Å². The van der Waals surface area contributed by atoms with Crippen LogP contribution in [0.3, 0.4) is 0 Å². The van der Waals surface area contributed by atoms with Gasteiger partial charge >= 0.3 is 0 Å². The molecule has 2 aliphatic rings. The largest absolute Gasteiger partial charge is 0.338 e. The summed E-state index contributed by atoms with van der Waals surface area (Å²) in [6, 6.07) is 12.1. The maximum Gasteiger partial charge on any atom is 0.256 e. The van der Waals surface area contributed by atoms with Crippen molar-refractivity contribution in [3.05, 3.63) is 53.1 Å². The third kappa shape index (κ3) is 4.30. The molecule has 2 aliphatic heterocycles. The zero-order valence-corrected chi connectivity index (χ0v) is 18.7. The van der Waals surface area contributed by atoms with E-state index in [1.807, 2.05) is 45.0 Å². The normalized spacial score (nSPS) is 18.8. The van der Waals surface area contributed by atoms with E-state index in [1.165, 1.54) is 0 Å². The quantitative estimate of drug-likeness (QED) is 0.767. The van der Waals surface area contributed by atoms with Crippen molar-refractivity contribution in [3.8, 4) is 11.1 Å². The molecule has 0 bridgehead atoms. The van der Waals surface area contributed by atoms with Gasteiger partial charge < -0.3 is 15.1 Å². The minimum atomic E-state index is -0.707. The number of nitrogens with one attached hydrogen (secondary N) is 1. The molecule has 1 unspecified atom stereocenters. The molecule has 2 heterocycles. The molecule has 0 radical (unpaired) electrons. The smallest absolute Gasteiger partial charge is 0.256 e. The van der Waals surface area contributed by atoms with Crippen LogP contribution < -0.4 is 5.32 Å². The molecular formula is C24H26ClN3O3. The number of hydrogen-bond acceptors (Lipinski definition) is 3. The molecule has 1 saturated heterocycles. The van der Waals surface area contributed by atoms with Crippen LogP contribution in [0.1, 0.15) is 37.6 Å². The Balaban J connectivity index is 1.62. The van der Waals surface area contributed by atoms with E-state index in [-0.39, 0.29) is 29.7 Å². The number of rotatable bonds is 2. The van der Waals surface area contributed by atoms with Crippen LogP contribution in [0.25, 0.3) is 11.1 Å². The van der Waals surface area contributed by atoms with Crippen molar-refractivity contribution in [3.63, 3.8) is 0 Å². The van der Waals surface area contributed by atoms with Gasteiger partial charge in [-0.2, -0.15) is 0 Å². The fraction of sp³-hybridized carbons (Fsp3) is 0.375. The summed E-state index contributed by atoms with van der Waals surface area (Å²) >= 11 is 6.33. The predicted molar refractivity (Wildman–Crippen MR) is 121 cm³/mol. The molecule has 31 heavy (non-hydrogen) atoms. The van der Waals surface area contributed by atoms with Crippen molar-refractivity contribution in [2.75, 3.05) is 25.0 Å². The SMILES string of the molecule is CC(C)(C)CC(=O)N1CCN2C(=O)c3cc(-c4ccccc4Cl)ccc3NC(=O)C2C1. The molecule has 0 spiro atoms. The topological polar surface area (TPSA) is 69.7 Å². The molecular weight excluding hydrogens is 414 g/mol. The lowest BCUT2D eigenvalue weighted by Gasteiger charge is -2.40. The van der Waals surface area contributed by atoms with Crippen LogP contribution in [-0.4, -0.2) is 53.2 Å².